The Balaban J connectivity index is 1.59. The molecule has 11 nitrogen and oxygen atoms in total. The molecule has 5 rings (SSSR count). The number of benzene rings is 2. The summed E-state index contributed by atoms with van der Waals surface area (Å²) < 4.78 is 82.6. The largest absolute Gasteiger partial charge is 0.497 e. The number of aliphatic hydroxyl groups excluding tert-OH is 3. The lowest BCUT2D eigenvalue weighted by molar-refractivity contribution is -0.210. The highest BCUT2D eigenvalue weighted by molar-refractivity contribution is 6.31. The van der Waals surface area contributed by atoms with Crippen molar-refractivity contribution in [2.24, 2.45) is 0 Å². The molecule has 0 spiro atoms. The molecule has 224 valence electrons. The number of alkyl halides is 3. The van der Waals surface area contributed by atoms with Crippen LogP contribution < -0.4 is 4.74 Å². The van der Waals surface area contributed by atoms with Gasteiger partial charge in [0.25, 0.3) is 0 Å². The zero-order valence-electron chi connectivity index (χ0n) is 21.7. The number of hydrogen-bond donors (Lipinski definition) is 3. The monoisotopic (exact) mass is 616 g/mol. The van der Waals surface area contributed by atoms with E-state index in [-0.39, 0.29) is 28.7 Å². The maximum absolute atomic E-state index is 14.0. The van der Waals surface area contributed by atoms with Crippen LogP contribution in [0.15, 0.2) is 36.5 Å². The van der Waals surface area contributed by atoms with Gasteiger partial charge in [0, 0.05) is 11.6 Å². The molecule has 0 aliphatic carbocycles. The van der Waals surface area contributed by atoms with Crippen molar-refractivity contribution in [3.05, 3.63) is 70.4 Å². The molecule has 3 heterocycles. The SMILES string of the molecule is COc1ccc(C(F)(F)F)c(-n2nc(C)nc2[C@@H]2O[C@H](CO)[C@H](O)[C@H](n3cc(-c4cc(F)c(Cl)c(F)c4)nn3)[C@H]2O)c1. The Kier molecular flexibility index (Phi) is 7.93. The predicted molar refractivity (Wildman–Crippen MR) is 134 cm³/mol. The van der Waals surface area contributed by atoms with Crippen LogP contribution in [0.3, 0.4) is 0 Å². The van der Waals surface area contributed by atoms with Crippen LogP contribution in [0.4, 0.5) is 22.0 Å². The number of nitrogens with zero attached hydrogens (tertiary/aromatic N) is 6. The highest BCUT2D eigenvalue weighted by Crippen LogP contribution is 2.41. The van der Waals surface area contributed by atoms with E-state index in [0.29, 0.717) is 0 Å². The summed E-state index contributed by atoms with van der Waals surface area (Å²) >= 11 is 5.54. The molecular weight excluding hydrogens is 595 g/mol. The molecule has 2 aromatic heterocycles. The molecule has 17 heteroatoms. The average molecular weight is 617 g/mol. The molecule has 4 aromatic rings. The van der Waals surface area contributed by atoms with Crippen LogP contribution in [0.25, 0.3) is 16.9 Å². The third-order valence-corrected chi connectivity index (χ3v) is 7.08. The number of aryl methyl sites for hydroxylation is 1. The van der Waals surface area contributed by atoms with Gasteiger partial charge in [0.2, 0.25) is 0 Å². The summed E-state index contributed by atoms with van der Waals surface area (Å²) in [5.41, 5.74) is -1.68. The fourth-order valence-electron chi connectivity index (χ4n) is 4.73. The summed E-state index contributed by atoms with van der Waals surface area (Å²) in [6.07, 6.45) is -9.93. The minimum Gasteiger partial charge on any atom is -0.497 e. The van der Waals surface area contributed by atoms with Crippen LogP contribution in [0, 0.1) is 18.6 Å². The molecule has 0 unspecified atom stereocenters. The van der Waals surface area contributed by atoms with Crippen molar-refractivity contribution in [2.75, 3.05) is 13.7 Å². The van der Waals surface area contributed by atoms with Gasteiger partial charge in [-0.25, -0.2) is 23.1 Å². The van der Waals surface area contributed by atoms with Gasteiger partial charge in [0.05, 0.1) is 31.2 Å². The highest BCUT2D eigenvalue weighted by atomic mass is 35.5. The molecule has 0 bridgehead atoms. The fraction of sp³-hybridized carbons (Fsp3) is 0.360. The maximum Gasteiger partial charge on any atom is 0.418 e. The molecule has 1 saturated heterocycles. The van der Waals surface area contributed by atoms with E-state index in [1.807, 2.05) is 0 Å². The number of ether oxygens (including phenoxy) is 2. The number of methoxy groups -OCH3 is 1. The second-order valence-electron chi connectivity index (χ2n) is 9.40. The van der Waals surface area contributed by atoms with Gasteiger partial charge in [-0.2, -0.15) is 18.3 Å². The first-order chi connectivity index (χ1) is 19.8. The summed E-state index contributed by atoms with van der Waals surface area (Å²) in [4.78, 5) is 4.20. The Morgan fingerprint density at radius 3 is 2.40 bits per heavy atom. The molecule has 0 radical (unpaired) electrons. The summed E-state index contributed by atoms with van der Waals surface area (Å²) in [5, 5.41) is 43.4. The molecule has 42 heavy (non-hydrogen) atoms. The third-order valence-electron chi connectivity index (χ3n) is 6.72. The van der Waals surface area contributed by atoms with E-state index < -0.39 is 71.1 Å². The van der Waals surface area contributed by atoms with Gasteiger partial charge in [0.15, 0.2) is 5.82 Å². The average Bonchev–Trinajstić information content (AvgIpc) is 3.58. The quantitative estimate of drug-likeness (QED) is 0.220. The fourth-order valence-corrected chi connectivity index (χ4v) is 4.84. The van der Waals surface area contributed by atoms with Crippen molar-refractivity contribution >= 4 is 11.6 Å². The van der Waals surface area contributed by atoms with Crippen molar-refractivity contribution in [2.45, 2.75) is 43.6 Å². The summed E-state index contributed by atoms with van der Waals surface area (Å²) in [6.45, 7) is 0.642. The summed E-state index contributed by atoms with van der Waals surface area (Å²) in [6, 6.07) is 3.41. The van der Waals surface area contributed by atoms with Crippen LogP contribution in [-0.2, 0) is 10.9 Å². The van der Waals surface area contributed by atoms with Gasteiger partial charge in [-0.3, -0.25) is 0 Å². The first-order valence-corrected chi connectivity index (χ1v) is 12.6. The van der Waals surface area contributed by atoms with Crippen molar-refractivity contribution < 1.29 is 46.7 Å². The van der Waals surface area contributed by atoms with Crippen LogP contribution in [0.5, 0.6) is 5.75 Å². The van der Waals surface area contributed by atoms with Gasteiger partial charge in [0.1, 0.15) is 64.4 Å². The number of rotatable bonds is 6. The molecule has 1 aliphatic rings. The Bertz CT molecular complexity index is 1590. The smallest absolute Gasteiger partial charge is 0.418 e. The van der Waals surface area contributed by atoms with Crippen LogP contribution in [-0.4, -0.2) is 77.1 Å². The van der Waals surface area contributed by atoms with Crippen molar-refractivity contribution in [1.82, 2.24) is 29.8 Å². The Labute approximate surface area is 238 Å². The third kappa shape index (κ3) is 5.31. The van der Waals surface area contributed by atoms with Gasteiger partial charge >= 0.3 is 6.18 Å². The zero-order valence-corrected chi connectivity index (χ0v) is 22.4. The van der Waals surface area contributed by atoms with E-state index in [4.69, 9.17) is 21.1 Å². The number of aliphatic hydroxyl groups is 3. The van der Waals surface area contributed by atoms with E-state index in [2.05, 4.69) is 20.4 Å². The lowest BCUT2D eigenvalue weighted by Gasteiger charge is -2.41. The standard InChI is InChI=1S/C25H22ClF5N6O5/c1-10-32-24(37(34-10)17-7-12(41-2)3-4-13(17)25(29,30)31)23-22(40)20(21(39)18(9-38)42-23)36-8-16(33-35-36)11-5-14(27)19(26)15(28)6-11/h3-8,18,20-23,38-40H,9H2,1-2H3/t18-,20+,21+,22-,23-/m1/s1. The minimum absolute atomic E-state index is 0.0230. The van der Waals surface area contributed by atoms with Gasteiger partial charge in [-0.1, -0.05) is 16.8 Å². The highest BCUT2D eigenvalue weighted by Gasteiger charge is 2.49. The van der Waals surface area contributed by atoms with Crippen LogP contribution in [0.2, 0.25) is 5.02 Å². The normalized spacial score (nSPS) is 22.9. The van der Waals surface area contributed by atoms with E-state index in [9.17, 15) is 37.3 Å². The van der Waals surface area contributed by atoms with Gasteiger partial charge in [-0.05, 0) is 31.2 Å². The minimum atomic E-state index is -4.81. The molecule has 0 amide bonds. The van der Waals surface area contributed by atoms with Gasteiger partial charge in [-0.15, -0.1) is 5.10 Å². The second-order valence-corrected chi connectivity index (χ2v) is 9.77. The van der Waals surface area contributed by atoms with Crippen LogP contribution >= 0.6 is 11.6 Å². The second kappa shape index (κ2) is 11.2. The first kappa shape index (κ1) is 29.8. The molecule has 0 saturated carbocycles. The number of aromatic nitrogens is 6. The molecule has 5 atom stereocenters. The lowest BCUT2D eigenvalue weighted by Crippen LogP contribution is -2.53. The zero-order chi connectivity index (χ0) is 30.5. The Hall–Kier alpha value is -3.70. The summed E-state index contributed by atoms with van der Waals surface area (Å²) in [7, 11) is 1.27. The topological polar surface area (TPSA) is 141 Å². The van der Waals surface area contributed by atoms with E-state index in [0.717, 1.165) is 39.7 Å². The molecular formula is C25H22ClF5N6O5. The molecule has 1 aliphatic heterocycles. The van der Waals surface area contributed by atoms with Crippen molar-refractivity contribution in [3.63, 3.8) is 0 Å². The Morgan fingerprint density at radius 2 is 1.79 bits per heavy atom. The van der Waals surface area contributed by atoms with Crippen LogP contribution in [0.1, 0.15) is 29.4 Å². The van der Waals surface area contributed by atoms with E-state index in [1.54, 1.807) is 0 Å². The summed E-state index contributed by atoms with van der Waals surface area (Å²) in [5.74, 6) is -2.29. The van der Waals surface area contributed by atoms with Crippen molar-refractivity contribution in [3.8, 4) is 22.7 Å². The number of hydrogen-bond acceptors (Lipinski definition) is 9. The predicted octanol–water partition coefficient (Wildman–Crippen LogP) is 3.19. The lowest BCUT2D eigenvalue weighted by atomic mass is 9.92. The molecule has 3 N–H and O–H groups in total. The number of halogens is 6. The van der Waals surface area contributed by atoms with E-state index >= 15 is 0 Å². The first-order valence-electron chi connectivity index (χ1n) is 12.2. The molecule has 1 fully saturated rings. The van der Waals surface area contributed by atoms with E-state index in [1.165, 1.54) is 20.2 Å². The van der Waals surface area contributed by atoms with Gasteiger partial charge < -0.3 is 24.8 Å². The molecule has 2 aromatic carbocycles. The maximum atomic E-state index is 14.0. The van der Waals surface area contributed by atoms with Crippen molar-refractivity contribution in [1.29, 1.82) is 0 Å². The Morgan fingerprint density at radius 1 is 1.10 bits per heavy atom.